The highest BCUT2D eigenvalue weighted by Crippen LogP contribution is 2.92. The molecule has 1 aromatic rings. The van der Waals surface area contributed by atoms with E-state index in [2.05, 4.69) is 16.4 Å². The van der Waals surface area contributed by atoms with E-state index in [1.54, 1.807) is 6.92 Å². The second-order valence-corrected chi connectivity index (χ2v) is 7.00. The maximum Gasteiger partial charge on any atom is 0.217 e. The van der Waals surface area contributed by atoms with Crippen LogP contribution in [0.2, 0.25) is 0 Å². The maximum absolute atomic E-state index is 11.5. The van der Waals surface area contributed by atoms with Crippen molar-refractivity contribution in [1.29, 1.82) is 0 Å². The maximum atomic E-state index is 11.5. The summed E-state index contributed by atoms with van der Waals surface area (Å²) in [6.45, 7) is 1.65. The Balaban J connectivity index is 1.61. The average Bonchev–Trinajstić information content (AvgIpc) is 2.33. The predicted molar refractivity (Wildman–Crippen MR) is 70.3 cm³/mol. The van der Waals surface area contributed by atoms with Crippen LogP contribution in [0.3, 0.4) is 0 Å². The number of rotatable bonds is 2. The molecular weight excluding hydrogens is 236 g/mol. The summed E-state index contributed by atoms with van der Waals surface area (Å²) < 4.78 is 0. The number of hydrogen-bond donors (Lipinski definition) is 1. The summed E-state index contributed by atoms with van der Waals surface area (Å²) in [5.41, 5.74) is 2.15. The molecule has 1 N–H and O–H groups in total. The van der Waals surface area contributed by atoms with Crippen LogP contribution in [0.1, 0.15) is 31.7 Å². The van der Waals surface area contributed by atoms with Crippen molar-refractivity contribution in [3.8, 4) is 0 Å². The number of aromatic nitrogens is 1. The largest absolute Gasteiger partial charge is 0.352 e. The van der Waals surface area contributed by atoms with Crippen molar-refractivity contribution in [2.24, 2.45) is 23.2 Å². The molecule has 0 bridgehead atoms. The SMILES string of the molecule is CC(=O)NC1C2CC3CC4CC1(c1cccnc1)C342. The van der Waals surface area contributed by atoms with Gasteiger partial charge in [0.1, 0.15) is 0 Å². The molecule has 4 aliphatic rings. The van der Waals surface area contributed by atoms with Crippen LogP contribution in [0.4, 0.5) is 0 Å². The molecule has 4 aliphatic carbocycles. The van der Waals surface area contributed by atoms with E-state index in [0.29, 0.717) is 11.5 Å². The Hall–Kier alpha value is -1.38. The van der Waals surface area contributed by atoms with Crippen LogP contribution in [0, 0.1) is 23.2 Å². The molecule has 19 heavy (non-hydrogen) atoms. The van der Waals surface area contributed by atoms with E-state index in [1.165, 1.54) is 24.8 Å². The van der Waals surface area contributed by atoms with Crippen LogP contribution in [0.25, 0.3) is 0 Å². The molecule has 3 nitrogen and oxygen atoms in total. The Morgan fingerprint density at radius 3 is 2.95 bits per heavy atom. The van der Waals surface area contributed by atoms with Crippen molar-refractivity contribution < 1.29 is 4.79 Å². The molecule has 3 heteroatoms. The van der Waals surface area contributed by atoms with Crippen molar-refractivity contribution in [3.63, 3.8) is 0 Å². The lowest BCUT2D eigenvalue weighted by molar-refractivity contribution is -0.408. The molecule has 6 atom stereocenters. The van der Waals surface area contributed by atoms with Gasteiger partial charge < -0.3 is 5.32 Å². The Bertz CT molecular complexity index is 580. The van der Waals surface area contributed by atoms with Gasteiger partial charge in [0, 0.05) is 30.8 Å². The minimum atomic E-state index is 0.120. The fraction of sp³-hybridized carbons (Fsp3) is 0.625. The van der Waals surface area contributed by atoms with Gasteiger partial charge in [-0.05, 0) is 54.1 Å². The molecule has 5 rings (SSSR count). The van der Waals surface area contributed by atoms with Crippen LogP contribution in [0.15, 0.2) is 24.5 Å². The molecule has 4 saturated carbocycles. The molecule has 0 saturated heterocycles. The van der Waals surface area contributed by atoms with Gasteiger partial charge in [-0.3, -0.25) is 9.78 Å². The normalized spacial score (nSPS) is 51.4. The molecule has 4 fully saturated rings. The van der Waals surface area contributed by atoms with Crippen LogP contribution in [0.5, 0.6) is 0 Å². The summed E-state index contributed by atoms with van der Waals surface area (Å²) in [6, 6.07) is 4.62. The number of nitrogens with one attached hydrogen (secondary N) is 1. The minimum Gasteiger partial charge on any atom is -0.352 e. The third-order valence-electron chi connectivity index (χ3n) is 6.88. The molecule has 1 aromatic heterocycles. The van der Waals surface area contributed by atoms with Gasteiger partial charge in [-0.2, -0.15) is 0 Å². The first kappa shape index (κ1) is 10.4. The number of nitrogens with zero attached hydrogens (tertiary/aromatic N) is 1. The summed E-state index contributed by atoms with van der Waals surface area (Å²) in [7, 11) is 0. The molecule has 0 aliphatic heterocycles. The number of carbonyl (C=O) groups excluding carboxylic acids is 1. The third kappa shape index (κ3) is 0.800. The van der Waals surface area contributed by atoms with Crippen molar-refractivity contribution in [3.05, 3.63) is 30.1 Å². The lowest BCUT2D eigenvalue weighted by atomic mass is 9.11. The smallest absolute Gasteiger partial charge is 0.217 e. The van der Waals surface area contributed by atoms with E-state index in [0.717, 1.165) is 17.8 Å². The van der Waals surface area contributed by atoms with Gasteiger partial charge in [-0.15, -0.1) is 0 Å². The minimum absolute atomic E-state index is 0.120. The Kier molecular flexibility index (Phi) is 1.57. The first-order valence-corrected chi connectivity index (χ1v) is 7.39. The monoisotopic (exact) mass is 254 g/mol. The average molecular weight is 254 g/mol. The van der Waals surface area contributed by atoms with Gasteiger partial charge in [0.25, 0.3) is 0 Å². The van der Waals surface area contributed by atoms with E-state index >= 15 is 0 Å². The summed E-state index contributed by atoms with van der Waals surface area (Å²) in [4.78, 5) is 15.9. The third-order valence-corrected chi connectivity index (χ3v) is 6.88. The second kappa shape index (κ2) is 2.87. The van der Waals surface area contributed by atoms with Gasteiger partial charge in [-0.25, -0.2) is 0 Å². The van der Waals surface area contributed by atoms with Gasteiger partial charge in [0.15, 0.2) is 0 Å². The molecule has 1 amide bonds. The molecule has 1 heterocycles. The second-order valence-electron chi connectivity index (χ2n) is 7.00. The van der Waals surface area contributed by atoms with E-state index in [-0.39, 0.29) is 11.3 Å². The standard InChI is InChI=1S/C16H18N2O/c1-9(19)18-14-13-6-11-5-12-7-15(14,16(11,12)13)10-3-2-4-17-8-10/h2-4,8,11-14H,5-7H2,1H3,(H,18,19). The van der Waals surface area contributed by atoms with Crippen LogP contribution in [-0.4, -0.2) is 16.9 Å². The summed E-state index contributed by atoms with van der Waals surface area (Å²) >= 11 is 0. The van der Waals surface area contributed by atoms with E-state index in [9.17, 15) is 4.79 Å². The Morgan fingerprint density at radius 2 is 2.32 bits per heavy atom. The molecule has 0 aromatic carbocycles. The van der Waals surface area contributed by atoms with Gasteiger partial charge in [-0.1, -0.05) is 6.07 Å². The summed E-state index contributed by atoms with van der Waals surface area (Å²) in [5.74, 6) is 2.73. The van der Waals surface area contributed by atoms with Crippen molar-refractivity contribution in [2.75, 3.05) is 0 Å². The van der Waals surface area contributed by atoms with E-state index < -0.39 is 0 Å². The van der Waals surface area contributed by atoms with Crippen molar-refractivity contribution >= 4 is 5.91 Å². The van der Waals surface area contributed by atoms with Gasteiger partial charge in [0.2, 0.25) is 5.91 Å². The van der Waals surface area contributed by atoms with Crippen molar-refractivity contribution in [1.82, 2.24) is 10.3 Å². The quantitative estimate of drug-likeness (QED) is 0.875. The summed E-state index contributed by atoms with van der Waals surface area (Å²) in [5, 5.41) is 3.25. The van der Waals surface area contributed by atoms with Crippen LogP contribution < -0.4 is 5.32 Å². The number of hydrogen-bond acceptors (Lipinski definition) is 2. The summed E-state index contributed by atoms with van der Waals surface area (Å²) in [6.07, 6.45) is 7.91. The highest BCUT2D eigenvalue weighted by Gasteiger charge is 2.91. The number of carbonyl (C=O) groups is 1. The Labute approximate surface area is 112 Å². The molecule has 0 radical (unpaired) electrons. The zero-order chi connectivity index (χ0) is 12.8. The molecule has 1 spiro atoms. The zero-order valence-corrected chi connectivity index (χ0v) is 11.1. The first-order valence-electron chi connectivity index (χ1n) is 7.39. The molecular formula is C16H18N2O. The van der Waals surface area contributed by atoms with Crippen LogP contribution in [-0.2, 0) is 10.2 Å². The van der Waals surface area contributed by atoms with Gasteiger partial charge >= 0.3 is 0 Å². The first-order chi connectivity index (χ1) is 9.21. The molecule has 98 valence electrons. The highest BCUT2D eigenvalue weighted by molar-refractivity contribution is 5.74. The van der Waals surface area contributed by atoms with Crippen LogP contribution >= 0.6 is 0 Å². The van der Waals surface area contributed by atoms with E-state index in [1.807, 2.05) is 18.5 Å². The lowest BCUT2D eigenvalue weighted by Crippen LogP contribution is -2.95. The van der Waals surface area contributed by atoms with E-state index in [4.69, 9.17) is 0 Å². The number of amides is 1. The fourth-order valence-electron chi connectivity index (χ4n) is 6.56. The topological polar surface area (TPSA) is 42.0 Å². The number of pyridine rings is 1. The zero-order valence-electron chi connectivity index (χ0n) is 11.1. The Morgan fingerprint density at radius 1 is 1.42 bits per heavy atom. The lowest BCUT2D eigenvalue weighted by Gasteiger charge is -2.93. The highest BCUT2D eigenvalue weighted by atomic mass is 16.1. The predicted octanol–water partition coefficient (Wildman–Crippen LogP) is 1.88. The van der Waals surface area contributed by atoms with Gasteiger partial charge in [0.05, 0.1) is 0 Å². The van der Waals surface area contributed by atoms with Crippen molar-refractivity contribution in [2.45, 2.75) is 37.6 Å². The fourth-order valence-corrected chi connectivity index (χ4v) is 6.56. The molecule has 6 unspecified atom stereocenters.